The molecule has 3 heterocycles. The third-order valence-corrected chi connectivity index (χ3v) is 7.56. The van der Waals surface area contributed by atoms with Crippen LogP contribution in [-0.4, -0.2) is 73.0 Å². The number of rotatable bonds is 5. The van der Waals surface area contributed by atoms with Gasteiger partial charge in [0.1, 0.15) is 12.1 Å². The van der Waals surface area contributed by atoms with E-state index < -0.39 is 9.84 Å². The monoisotopic (exact) mass is 394 g/mol. The highest BCUT2D eigenvalue weighted by molar-refractivity contribution is 7.91. The van der Waals surface area contributed by atoms with Crippen molar-refractivity contribution in [2.75, 3.05) is 36.6 Å². The van der Waals surface area contributed by atoms with Crippen molar-refractivity contribution in [1.82, 2.24) is 14.9 Å². The molecule has 1 unspecified atom stereocenters. The van der Waals surface area contributed by atoms with E-state index in [-0.39, 0.29) is 23.3 Å². The van der Waals surface area contributed by atoms with Gasteiger partial charge in [0.25, 0.3) is 0 Å². The van der Waals surface area contributed by atoms with Gasteiger partial charge in [0.2, 0.25) is 11.8 Å². The molecular formula is C18H26N4O4S. The number of likely N-dealkylation sites (tertiary alicyclic amines) is 1. The Morgan fingerprint density at radius 1 is 1.15 bits per heavy atom. The molecule has 2 aliphatic heterocycles. The summed E-state index contributed by atoms with van der Waals surface area (Å²) in [7, 11) is -1.43. The quantitative estimate of drug-likeness (QED) is 0.732. The topological polar surface area (TPSA) is 92.7 Å². The lowest BCUT2D eigenvalue weighted by Gasteiger charge is -2.40. The van der Waals surface area contributed by atoms with Gasteiger partial charge in [-0.05, 0) is 32.1 Å². The molecule has 148 valence electrons. The number of hydrogen-bond acceptors (Lipinski definition) is 7. The van der Waals surface area contributed by atoms with E-state index in [4.69, 9.17) is 4.74 Å². The van der Waals surface area contributed by atoms with E-state index in [0.29, 0.717) is 37.5 Å². The number of piperidine rings is 1. The largest absolute Gasteiger partial charge is 0.481 e. The molecule has 9 heteroatoms. The fourth-order valence-corrected chi connectivity index (χ4v) is 5.95. The molecule has 1 amide bonds. The molecule has 3 aliphatic rings. The van der Waals surface area contributed by atoms with Gasteiger partial charge in [-0.3, -0.25) is 4.79 Å². The molecule has 1 atom stereocenters. The van der Waals surface area contributed by atoms with Crippen LogP contribution < -0.4 is 9.64 Å². The molecule has 1 aliphatic carbocycles. The van der Waals surface area contributed by atoms with Crippen molar-refractivity contribution < 1.29 is 17.9 Å². The van der Waals surface area contributed by atoms with Crippen LogP contribution in [0.15, 0.2) is 12.4 Å². The van der Waals surface area contributed by atoms with Crippen molar-refractivity contribution in [3.63, 3.8) is 0 Å². The van der Waals surface area contributed by atoms with Crippen molar-refractivity contribution in [2.45, 2.75) is 44.2 Å². The zero-order chi connectivity index (χ0) is 19.0. The minimum absolute atomic E-state index is 0.0104. The Bertz CT molecular complexity index is 803. The van der Waals surface area contributed by atoms with Gasteiger partial charge >= 0.3 is 0 Å². The first-order valence-electron chi connectivity index (χ1n) is 9.60. The van der Waals surface area contributed by atoms with Crippen LogP contribution in [0.5, 0.6) is 5.88 Å². The van der Waals surface area contributed by atoms with E-state index in [2.05, 4.69) is 14.9 Å². The van der Waals surface area contributed by atoms with Gasteiger partial charge in [0.05, 0.1) is 24.5 Å². The van der Waals surface area contributed by atoms with Gasteiger partial charge in [-0.15, -0.1) is 0 Å². The number of carbonyl (C=O) groups is 1. The summed E-state index contributed by atoms with van der Waals surface area (Å²) in [5.74, 6) is 1.26. The molecule has 2 saturated heterocycles. The Labute approximate surface area is 159 Å². The van der Waals surface area contributed by atoms with Crippen molar-refractivity contribution in [3.8, 4) is 5.88 Å². The van der Waals surface area contributed by atoms with Crippen LogP contribution in [0.1, 0.15) is 32.1 Å². The number of nitrogens with zero attached hydrogens (tertiary/aromatic N) is 4. The maximum atomic E-state index is 12.7. The summed E-state index contributed by atoms with van der Waals surface area (Å²) in [6, 6.07) is 2.70. The molecule has 1 aromatic heterocycles. The summed E-state index contributed by atoms with van der Waals surface area (Å²) in [6.07, 6.45) is 6.05. The predicted molar refractivity (Wildman–Crippen MR) is 100 cm³/mol. The third kappa shape index (κ3) is 4.02. The number of carbonyl (C=O) groups excluding carboxylic acids is 1. The summed E-state index contributed by atoms with van der Waals surface area (Å²) in [4.78, 5) is 25.4. The normalized spacial score (nSPS) is 25.4. The molecule has 0 radical (unpaired) electrons. The first-order chi connectivity index (χ1) is 13.0. The molecule has 0 spiro atoms. The highest BCUT2D eigenvalue weighted by Crippen LogP contribution is 2.36. The highest BCUT2D eigenvalue weighted by atomic mass is 32.2. The maximum absolute atomic E-state index is 12.7. The molecule has 4 rings (SSSR count). The highest BCUT2D eigenvalue weighted by Gasteiger charge is 2.40. The second-order valence-electron chi connectivity index (χ2n) is 7.71. The predicted octanol–water partition coefficient (Wildman–Crippen LogP) is 0.880. The maximum Gasteiger partial charge on any atom is 0.226 e. The van der Waals surface area contributed by atoms with Gasteiger partial charge in [0.15, 0.2) is 9.84 Å². The van der Waals surface area contributed by atoms with Gasteiger partial charge in [-0.1, -0.05) is 0 Å². The molecule has 0 aromatic carbocycles. The van der Waals surface area contributed by atoms with Gasteiger partial charge in [-0.25, -0.2) is 18.4 Å². The molecule has 1 aromatic rings. The minimum Gasteiger partial charge on any atom is -0.481 e. The van der Waals surface area contributed by atoms with Crippen LogP contribution in [0.3, 0.4) is 0 Å². The molecule has 3 fully saturated rings. The molecule has 1 saturated carbocycles. The van der Waals surface area contributed by atoms with Crippen molar-refractivity contribution in [2.24, 2.45) is 5.92 Å². The number of methoxy groups -OCH3 is 1. The first kappa shape index (κ1) is 18.5. The van der Waals surface area contributed by atoms with Crippen LogP contribution in [0.2, 0.25) is 0 Å². The zero-order valence-electron chi connectivity index (χ0n) is 15.6. The number of ether oxygens (including phenoxy) is 1. The van der Waals surface area contributed by atoms with Crippen LogP contribution in [0.25, 0.3) is 0 Å². The Kier molecular flexibility index (Phi) is 4.96. The van der Waals surface area contributed by atoms with Crippen LogP contribution in [0.4, 0.5) is 5.82 Å². The van der Waals surface area contributed by atoms with Crippen molar-refractivity contribution in [1.29, 1.82) is 0 Å². The SMILES string of the molecule is COc1cc(N(C2CC2)C2CCN(C(=O)C3CCS(=O)(=O)C3)CC2)ncn1. The smallest absolute Gasteiger partial charge is 0.226 e. The fourth-order valence-electron chi connectivity index (χ4n) is 4.22. The second kappa shape index (κ2) is 7.26. The number of hydrogen-bond donors (Lipinski definition) is 0. The van der Waals surface area contributed by atoms with Gasteiger partial charge < -0.3 is 14.5 Å². The van der Waals surface area contributed by atoms with Crippen molar-refractivity contribution >= 4 is 21.6 Å². The number of aromatic nitrogens is 2. The van der Waals surface area contributed by atoms with Crippen LogP contribution in [0, 0.1) is 5.92 Å². The molecule has 27 heavy (non-hydrogen) atoms. The number of amides is 1. The zero-order valence-corrected chi connectivity index (χ0v) is 16.4. The Balaban J connectivity index is 1.40. The summed E-state index contributed by atoms with van der Waals surface area (Å²) in [5, 5.41) is 0. The number of anilines is 1. The second-order valence-corrected chi connectivity index (χ2v) is 9.94. The van der Waals surface area contributed by atoms with Gasteiger partial charge in [-0.2, -0.15) is 0 Å². The Morgan fingerprint density at radius 2 is 1.85 bits per heavy atom. The summed E-state index contributed by atoms with van der Waals surface area (Å²) in [6.45, 7) is 1.34. The van der Waals surface area contributed by atoms with E-state index in [1.54, 1.807) is 7.11 Å². The summed E-state index contributed by atoms with van der Waals surface area (Å²) in [5.41, 5.74) is 0. The Hall–Kier alpha value is -1.90. The summed E-state index contributed by atoms with van der Waals surface area (Å²) < 4.78 is 28.6. The fraction of sp³-hybridized carbons (Fsp3) is 0.722. The lowest BCUT2D eigenvalue weighted by molar-refractivity contribution is -0.135. The van der Waals surface area contributed by atoms with E-state index >= 15 is 0 Å². The standard InChI is InChI=1S/C18H26N4O4S/c1-26-17-10-16(19-12-20-17)22(14-2-3-14)15-4-7-21(8-5-15)18(23)13-6-9-27(24,25)11-13/h10,12-15H,2-9,11H2,1H3. The molecular weight excluding hydrogens is 368 g/mol. The number of sulfone groups is 1. The Morgan fingerprint density at radius 3 is 2.44 bits per heavy atom. The molecule has 0 bridgehead atoms. The average Bonchev–Trinajstić information content (AvgIpc) is 3.44. The average molecular weight is 394 g/mol. The van der Waals surface area contributed by atoms with Gasteiger partial charge in [0, 0.05) is 31.2 Å². The molecule has 0 N–H and O–H groups in total. The van der Waals surface area contributed by atoms with E-state index in [0.717, 1.165) is 31.5 Å². The van der Waals surface area contributed by atoms with Crippen LogP contribution >= 0.6 is 0 Å². The summed E-state index contributed by atoms with van der Waals surface area (Å²) >= 11 is 0. The van der Waals surface area contributed by atoms with Crippen LogP contribution in [-0.2, 0) is 14.6 Å². The first-order valence-corrected chi connectivity index (χ1v) is 11.4. The lowest BCUT2D eigenvalue weighted by atomic mass is 10.00. The molecule has 8 nitrogen and oxygen atoms in total. The van der Waals surface area contributed by atoms with E-state index in [1.807, 2.05) is 11.0 Å². The van der Waals surface area contributed by atoms with Crippen molar-refractivity contribution in [3.05, 3.63) is 12.4 Å². The minimum atomic E-state index is -3.03. The van der Waals surface area contributed by atoms with E-state index in [1.165, 1.54) is 6.33 Å². The third-order valence-electron chi connectivity index (χ3n) is 5.79. The van der Waals surface area contributed by atoms with E-state index in [9.17, 15) is 13.2 Å². The lowest BCUT2D eigenvalue weighted by Crippen LogP contribution is -2.49.